The van der Waals surface area contributed by atoms with Gasteiger partial charge in [0.1, 0.15) is 28.2 Å². The van der Waals surface area contributed by atoms with E-state index in [4.69, 9.17) is 9.47 Å². The first kappa shape index (κ1) is 45.5. The molecule has 57 heavy (non-hydrogen) atoms. The molecule has 4 amide bonds. The largest absolute Gasteiger partial charge is 0.455 e. The Morgan fingerprint density at radius 2 is 1.88 bits per heavy atom. The number of fused-ring (bicyclic) bond motifs is 1. The number of ether oxygens (including phenoxy) is 2. The minimum Gasteiger partial charge on any atom is -0.455 e. The van der Waals surface area contributed by atoms with E-state index in [1.54, 1.807) is 17.6 Å². The zero-order valence-electron chi connectivity index (χ0n) is 33.2. The lowest BCUT2D eigenvalue weighted by molar-refractivity contribution is -0.148. The average Bonchev–Trinajstić information content (AvgIpc) is 3.68. The molecule has 0 spiro atoms. The van der Waals surface area contributed by atoms with Crippen LogP contribution in [0.1, 0.15) is 112 Å². The van der Waals surface area contributed by atoms with E-state index in [0.29, 0.717) is 47.7 Å². The number of hydrazine groups is 1. The fraction of sp³-hybridized carbons (Fsp3) is 0.525. The third-order valence-corrected chi connectivity index (χ3v) is 12.7. The van der Waals surface area contributed by atoms with Crippen molar-refractivity contribution in [2.75, 3.05) is 18.9 Å². The molecular formula is C40H53FN6O7S3. The molecule has 0 fully saturated rings. The van der Waals surface area contributed by atoms with Gasteiger partial charge in [-0.3, -0.25) is 24.6 Å². The predicted octanol–water partition coefficient (Wildman–Crippen LogP) is 7.40. The van der Waals surface area contributed by atoms with Crippen molar-refractivity contribution in [3.05, 3.63) is 75.6 Å². The Balaban J connectivity index is 1.40. The normalized spacial score (nSPS) is 16.4. The van der Waals surface area contributed by atoms with E-state index in [9.17, 15) is 28.4 Å². The Hall–Kier alpha value is -4.22. The highest BCUT2D eigenvalue weighted by Gasteiger charge is 2.35. The lowest BCUT2D eigenvalue weighted by atomic mass is 9.79. The molecule has 2 aromatic heterocycles. The first-order valence-corrected chi connectivity index (χ1v) is 22.4. The molecule has 1 aliphatic rings. The highest BCUT2D eigenvalue weighted by molar-refractivity contribution is 8.76. The van der Waals surface area contributed by atoms with Crippen molar-refractivity contribution in [3.8, 4) is 0 Å². The third kappa shape index (κ3) is 14.0. The molecule has 4 rings (SSSR count). The second-order valence-electron chi connectivity index (χ2n) is 14.4. The monoisotopic (exact) mass is 844 g/mol. The summed E-state index contributed by atoms with van der Waals surface area (Å²) >= 11 is 1.19. The number of nitrogens with one attached hydrogen (secondary N) is 3. The summed E-state index contributed by atoms with van der Waals surface area (Å²) in [4.78, 5) is 75.9. The molecule has 3 N–H and O–H groups in total. The lowest BCUT2D eigenvalue weighted by Gasteiger charge is -2.36. The Morgan fingerprint density at radius 1 is 1.09 bits per heavy atom. The maximum atomic E-state index is 14.4. The SMILES string of the molecule is CCCN(C(=O)C[C@@H](C)CC)C(C[C@@H](OC(C)=O)c1nc(C(=O)N[C@H]2Cc3ccc(F)cc3[C@H](C(=O)NNC(=O)OCCSSc3ccccn3)C2)cs1)C(C)C. The molecule has 0 bridgehead atoms. The highest BCUT2D eigenvalue weighted by Crippen LogP contribution is 2.34. The maximum Gasteiger partial charge on any atom is 0.426 e. The van der Waals surface area contributed by atoms with E-state index in [1.165, 1.54) is 52.0 Å². The maximum absolute atomic E-state index is 14.4. The molecule has 2 heterocycles. The van der Waals surface area contributed by atoms with Crippen LogP contribution in [-0.4, -0.2) is 75.6 Å². The van der Waals surface area contributed by atoms with Gasteiger partial charge >= 0.3 is 12.1 Å². The quantitative estimate of drug-likeness (QED) is 0.0476. The minimum absolute atomic E-state index is 0.0540. The summed E-state index contributed by atoms with van der Waals surface area (Å²) in [5, 5.41) is 5.81. The van der Waals surface area contributed by atoms with Crippen molar-refractivity contribution >= 4 is 62.7 Å². The Labute approximate surface area is 345 Å². The van der Waals surface area contributed by atoms with Gasteiger partial charge in [0.15, 0.2) is 6.10 Å². The van der Waals surface area contributed by atoms with Gasteiger partial charge in [-0.1, -0.05) is 64.0 Å². The number of hydrogen-bond donors (Lipinski definition) is 3. The van der Waals surface area contributed by atoms with Gasteiger partial charge < -0.3 is 19.7 Å². The van der Waals surface area contributed by atoms with Crippen LogP contribution in [0.4, 0.5) is 9.18 Å². The van der Waals surface area contributed by atoms with E-state index in [2.05, 4.69) is 40.0 Å². The van der Waals surface area contributed by atoms with E-state index in [-0.39, 0.29) is 42.5 Å². The first-order chi connectivity index (χ1) is 27.3. The predicted molar refractivity (Wildman–Crippen MR) is 220 cm³/mol. The number of carbonyl (C=O) groups excluding carboxylic acids is 5. The van der Waals surface area contributed by atoms with Gasteiger partial charge in [-0.25, -0.2) is 24.6 Å². The zero-order valence-corrected chi connectivity index (χ0v) is 35.7. The van der Waals surface area contributed by atoms with E-state index >= 15 is 0 Å². The van der Waals surface area contributed by atoms with Crippen molar-refractivity contribution < 1.29 is 37.8 Å². The summed E-state index contributed by atoms with van der Waals surface area (Å²) in [5.74, 6) is -2.18. The molecule has 0 aliphatic heterocycles. The summed E-state index contributed by atoms with van der Waals surface area (Å²) in [6, 6.07) is 8.97. The van der Waals surface area contributed by atoms with Crippen LogP contribution in [0.15, 0.2) is 53.0 Å². The van der Waals surface area contributed by atoms with Gasteiger partial charge in [0.2, 0.25) is 11.8 Å². The second kappa shape index (κ2) is 22.6. The van der Waals surface area contributed by atoms with Crippen LogP contribution < -0.4 is 16.2 Å². The summed E-state index contributed by atoms with van der Waals surface area (Å²) < 4.78 is 25.3. The molecule has 0 saturated carbocycles. The second-order valence-corrected chi connectivity index (χ2v) is 17.7. The first-order valence-electron chi connectivity index (χ1n) is 19.2. The van der Waals surface area contributed by atoms with Gasteiger partial charge in [-0.2, -0.15) is 0 Å². The number of rotatable bonds is 19. The number of esters is 1. The average molecular weight is 845 g/mol. The molecule has 0 saturated heterocycles. The van der Waals surface area contributed by atoms with Crippen LogP contribution in [0.5, 0.6) is 0 Å². The molecule has 13 nitrogen and oxygen atoms in total. The summed E-state index contributed by atoms with van der Waals surface area (Å²) in [7, 11) is 2.91. The number of halogens is 1. The summed E-state index contributed by atoms with van der Waals surface area (Å²) in [5.41, 5.74) is 5.87. The van der Waals surface area contributed by atoms with Crippen molar-refractivity contribution in [1.29, 1.82) is 0 Å². The third-order valence-electron chi connectivity index (χ3n) is 9.56. The molecular weight excluding hydrogens is 792 g/mol. The molecule has 1 unspecified atom stereocenters. The van der Waals surface area contributed by atoms with Crippen molar-refractivity contribution in [1.82, 2.24) is 31.0 Å². The Kier molecular flexibility index (Phi) is 18.1. The standard InChI is InChI=1S/C40H53FN6O7S3/c1-7-15-47(36(49)18-25(5)8-2)33(24(3)4)22-34(54-26(6)48)39-44-32(23-55-39)38(51)43-29-19-27-12-13-28(41)20-30(27)31(21-29)37(50)45-46-40(52)53-16-17-56-57-35-11-9-10-14-42-35/h9-14,20,23-25,29,31,33-34H,7-8,15-19,21-22H2,1-6H3,(H,43,51)(H,45,50)(H,46,52)/t25-,29-,31+,33?,34+/m0/s1. The van der Waals surface area contributed by atoms with Crippen molar-refractivity contribution in [2.45, 2.75) is 109 Å². The van der Waals surface area contributed by atoms with Crippen LogP contribution >= 0.6 is 32.9 Å². The molecule has 17 heteroatoms. The molecule has 3 aromatic rings. The number of pyridine rings is 1. The smallest absolute Gasteiger partial charge is 0.426 e. The number of aromatic nitrogens is 2. The van der Waals surface area contributed by atoms with Gasteiger partial charge in [-0.05, 0) is 77.3 Å². The number of amides is 4. The number of nitrogens with zero attached hydrogens (tertiary/aromatic N) is 3. The van der Waals surface area contributed by atoms with Crippen LogP contribution in [0.25, 0.3) is 0 Å². The van der Waals surface area contributed by atoms with Gasteiger partial charge in [0, 0.05) is 55.7 Å². The van der Waals surface area contributed by atoms with Gasteiger partial charge in [-0.15, -0.1) is 11.3 Å². The fourth-order valence-corrected chi connectivity index (χ4v) is 9.10. The molecule has 1 aliphatic carbocycles. The molecule has 5 atom stereocenters. The van der Waals surface area contributed by atoms with Crippen molar-refractivity contribution in [2.24, 2.45) is 11.8 Å². The lowest BCUT2D eigenvalue weighted by Crippen LogP contribution is -2.48. The molecule has 0 radical (unpaired) electrons. The zero-order chi connectivity index (χ0) is 41.5. The Morgan fingerprint density at radius 3 is 2.56 bits per heavy atom. The van der Waals surface area contributed by atoms with E-state index in [0.717, 1.165) is 17.9 Å². The number of benzene rings is 1. The van der Waals surface area contributed by atoms with Crippen LogP contribution in [0.2, 0.25) is 0 Å². The fourth-order valence-electron chi connectivity index (χ4n) is 6.55. The molecule has 310 valence electrons. The summed E-state index contributed by atoms with van der Waals surface area (Å²) in [6.45, 7) is 12.2. The highest BCUT2D eigenvalue weighted by atomic mass is 33.1. The van der Waals surface area contributed by atoms with Crippen LogP contribution in [0, 0.1) is 17.7 Å². The Bertz CT molecular complexity index is 1820. The van der Waals surface area contributed by atoms with E-state index < -0.39 is 47.8 Å². The van der Waals surface area contributed by atoms with Crippen molar-refractivity contribution in [3.63, 3.8) is 0 Å². The van der Waals surface area contributed by atoms with Crippen LogP contribution in [0.3, 0.4) is 0 Å². The van der Waals surface area contributed by atoms with Crippen LogP contribution in [-0.2, 0) is 30.3 Å². The van der Waals surface area contributed by atoms with Gasteiger partial charge in [0.25, 0.3) is 5.91 Å². The van der Waals surface area contributed by atoms with Gasteiger partial charge in [0.05, 0.1) is 5.92 Å². The summed E-state index contributed by atoms with van der Waals surface area (Å²) in [6.07, 6.45) is 2.90. The number of carbonyl (C=O) groups is 5. The van der Waals surface area contributed by atoms with E-state index in [1.807, 2.05) is 43.9 Å². The molecule has 1 aromatic carbocycles. The topological polar surface area (TPSA) is 169 Å². The number of hydrogen-bond acceptors (Lipinski definition) is 12. The minimum atomic E-state index is -0.901. The number of thiazole rings is 1.